The Morgan fingerprint density at radius 2 is 1.52 bits per heavy atom. The first-order valence-electron chi connectivity index (χ1n) is 14.2. The molecule has 0 radical (unpaired) electrons. The van der Waals surface area contributed by atoms with Crippen molar-refractivity contribution in [1.29, 1.82) is 0 Å². The number of carboxylic acid groups (broad SMARTS) is 1. The lowest BCUT2D eigenvalue weighted by Crippen LogP contribution is -2.14. The Bertz CT molecular complexity index is 1990. The maximum absolute atomic E-state index is 11.7. The van der Waals surface area contributed by atoms with Gasteiger partial charge in [-0.3, -0.25) is 0 Å². The summed E-state index contributed by atoms with van der Waals surface area (Å²) < 4.78 is 2.33. The van der Waals surface area contributed by atoms with Crippen molar-refractivity contribution >= 4 is 51.1 Å². The number of benzene rings is 4. The van der Waals surface area contributed by atoms with Crippen molar-refractivity contribution in [1.82, 2.24) is 14.5 Å². The summed E-state index contributed by atoms with van der Waals surface area (Å²) in [6.45, 7) is 0. The number of rotatable bonds is 5. The summed E-state index contributed by atoms with van der Waals surface area (Å²) in [5.74, 6) is -0.0747. The van der Waals surface area contributed by atoms with Crippen LogP contribution in [0.4, 0.5) is 0 Å². The standard InChI is InChI=1S/C35H27Cl2N3O2/c36-28-14-10-21(19-29(28)37)26-8-4-5-9-27(26)31-16-11-22-18-23(12-15-30(22)38-31)34-39-32-20-24(35(41)42)13-17-33(32)40(34)25-6-2-1-3-7-25/h4-5,8-20,25H,1-3,6-7H2,(H,41,42). The number of pyridine rings is 1. The second-order valence-corrected chi connectivity index (χ2v) is 11.7. The quantitative estimate of drug-likeness (QED) is 0.216. The highest BCUT2D eigenvalue weighted by Gasteiger charge is 2.23. The summed E-state index contributed by atoms with van der Waals surface area (Å²) in [6, 6.07) is 29.8. The van der Waals surface area contributed by atoms with Gasteiger partial charge in [0, 0.05) is 22.6 Å². The Morgan fingerprint density at radius 3 is 2.31 bits per heavy atom. The first kappa shape index (κ1) is 26.7. The molecule has 0 amide bonds. The van der Waals surface area contributed by atoms with Gasteiger partial charge >= 0.3 is 5.97 Å². The van der Waals surface area contributed by atoms with Crippen LogP contribution in [-0.4, -0.2) is 25.6 Å². The second kappa shape index (κ2) is 10.9. The van der Waals surface area contributed by atoms with Crippen LogP contribution in [0.5, 0.6) is 0 Å². The van der Waals surface area contributed by atoms with Crippen LogP contribution < -0.4 is 0 Å². The fourth-order valence-electron chi connectivity index (χ4n) is 6.18. The van der Waals surface area contributed by atoms with E-state index in [-0.39, 0.29) is 5.56 Å². The predicted molar refractivity (Wildman–Crippen MR) is 170 cm³/mol. The molecule has 7 rings (SSSR count). The molecule has 0 saturated heterocycles. The van der Waals surface area contributed by atoms with Gasteiger partial charge in [0.25, 0.3) is 0 Å². The molecule has 4 aromatic carbocycles. The Morgan fingerprint density at radius 1 is 0.738 bits per heavy atom. The summed E-state index contributed by atoms with van der Waals surface area (Å²) in [7, 11) is 0. The summed E-state index contributed by atoms with van der Waals surface area (Å²) in [6.07, 6.45) is 5.81. The number of fused-ring (bicyclic) bond motifs is 2. The summed E-state index contributed by atoms with van der Waals surface area (Å²) in [5.41, 5.74) is 7.70. The van der Waals surface area contributed by atoms with E-state index in [1.165, 1.54) is 19.3 Å². The van der Waals surface area contributed by atoms with Gasteiger partial charge in [-0.25, -0.2) is 14.8 Å². The van der Waals surface area contributed by atoms with Crippen LogP contribution in [0, 0.1) is 0 Å². The lowest BCUT2D eigenvalue weighted by atomic mass is 9.94. The molecule has 1 N–H and O–H groups in total. The van der Waals surface area contributed by atoms with Crippen molar-refractivity contribution in [2.24, 2.45) is 0 Å². The van der Waals surface area contributed by atoms with Crippen molar-refractivity contribution in [3.8, 4) is 33.8 Å². The fourth-order valence-corrected chi connectivity index (χ4v) is 6.48. The third-order valence-electron chi connectivity index (χ3n) is 8.26. The van der Waals surface area contributed by atoms with Crippen LogP contribution >= 0.6 is 23.2 Å². The number of hydrogen-bond donors (Lipinski definition) is 1. The van der Waals surface area contributed by atoms with E-state index in [4.69, 9.17) is 33.2 Å². The molecule has 42 heavy (non-hydrogen) atoms. The van der Waals surface area contributed by atoms with E-state index in [1.807, 2.05) is 48.5 Å². The molecule has 1 saturated carbocycles. The summed E-state index contributed by atoms with van der Waals surface area (Å²) in [5, 5.41) is 11.6. The molecule has 2 heterocycles. The minimum Gasteiger partial charge on any atom is -0.478 e. The minimum atomic E-state index is -0.945. The third-order valence-corrected chi connectivity index (χ3v) is 9.00. The largest absolute Gasteiger partial charge is 0.478 e. The molecule has 0 atom stereocenters. The van der Waals surface area contributed by atoms with Crippen LogP contribution in [-0.2, 0) is 0 Å². The molecule has 7 heteroatoms. The van der Waals surface area contributed by atoms with Gasteiger partial charge in [0.15, 0.2) is 0 Å². The van der Waals surface area contributed by atoms with Crippen LogP contribution in [0.15, 0.2) is 91.0 Å². The Kier molecular flexibility index (Phi) is 6.93. The van der Waals surface area contributed by atoms with E-state index >= 15 is 0 Å². The fraction of sp³-hybridized carbons (Fsp3) is 0.171. The molecule has 0 aliphatic heterocycles. The van der Waals surface area contributed by atoms with Gasteiger partial charge in [-0.15, -0.1) is 0 Å². The molecular weight excluding hydrogens is 565 g/mol. The maximum Gasteiger partial charge on any atom is 0.335 e. The van der Waals surface area contributed by atoms with Gasteiger partial charge in [-0.05, 0) is 78.6 Å². The van der Waals surface area contributed by atoms with Gasteiger partial charge in [0.2, 0.25) is 0 Å². The first-order valence-corrected chi connectivity index (χ1v) is 14.9. The molecule has 1 aliphatic rings. The lowest BCUT2D eigenvalue weighted by molar-refractivity contribution is 0.0697. The lowest BCUT2D eigenvalue weighted by Gasteiger charge is -2.25. The molecule has 1 aliphatic carbocycles. The predicted octanol–water partition coefficient (Wildman–Crippen LogP) is 10.1. The number of halogens is 2. The van der Waals surface area contributed by atoms with E-state index < -0.39 is 5.97 Å². The average Bonchev–Trinajstić information content (AvgIpc) is 3.41. The zero-order valence-corrected chi connectivity index (χ0v) is 24.2. The SMILES string of the molecule is O=C(O)c1ccc2c(c1)nc(-c1ccc3nc(-c4ccccc4-c4ccc(Cl)c(Cl)c4)ccc3c1)n2C1CCCCC1. The van der Waals surface area contributed by atoms with Crippen molar-refractivity contribution in [3.05, 3.63) is 107 Å². The minimum absolute atomic E-state index is 0.249. The monoisotopic (exact) mass is 591 g/mol. The molecule has 6 aromatic rings. The zero-order valence-electron chi connectivity index (χ0n) is 22.7. The third kappa shape index (κ3) is 4.83. The number of hydrogen-bond acceptors (Lipinski definition) is 3. The Labute approximate surface area is 253 Å². The number of imidazole rings is 1. The number of aromatic nitrogens is 3. The average molecular weight is 593 g/mol. The van der Waals surface area contributed by atoms with Crippen molar-refractivity contribution in [3.63, 3.8) is 0 Å². The molecule has 5 nitrogen and oxygen atoms in total. The highest BCUT2D eigenvalue weighted by atomic mass is 35.5. The Balaban J connectivity index is 1.32. The van der Waals surface area contributed by atoms with Gasteiger partial charge in [-0.1, -0.05) is 78.9 Å². The molecule has 0 bridgehead atoms. The van der Waals surface area contributed by atoms with Crippen LogP contribution in [0.2, 0.25) is 10.0 Å². The van der Waals surface area contributed by atoms with E-state index in [2.05, 4.69) is 34.9 Å². The van der Waals surface area contributed by atoms with E-state index in [0.29, 0.717) is 21.6 Å². The van der Waals surface area contributed by atoms with Crippen molar-refractivity contribution in [2.45, 2.75) is 38.1 Å². The number of nitrogens with zero attached hydrogens (tertiary/aromatic N) is 3. The van der Waals surface area contributed by atoms with Gasteiger partial charge in [-0.2, -0.15) is 0 Å². The zero-order chi connectivity index (χ0) is 28.8. The van der Waals surface area contributed by atoms with E-state index in [9.17, 15) is 9.90 Å². The molecule has 2 aromatic heterocycles. The van der Waals surface area contributed by atoms with Crippen LogP contribution in [0.1, 0.15) is 48.5 Å². The van der Waals surface area contributed by atoms with Gasteiger partial charge in [0.1, 0.15) is 5.82 Å². The normalized spacial score (nSPS) is 14.0. The van der Waals surface area contributed by atoms with E-state index in [0.717, 1.165) is 63.0 Å². The van der Waals surface area contributed by atoms with Crippen LogP contribution in [0.3, 0.4) is 0 Å². The number of aromatic carboxylic acids is 1. The van der Waals surface area contributed by atoms with Gasteiger partial charge < -0.3 is 9.67 Å². The van der Waals surface area contributed by atoms with Crippen LogP contribution in [0.25, 0.3) is 55.7 Å². The summed E-state index contributed by atoms with van der Waals surface area (Å²) in [4.78, 5) is 21.7. The maximum atomic E-state index is 11.7. The molecule has 1 fully saturated rings. The molecule has 0 unspecified atom stereocenters. The highest BCUT2D eigenvalue weighted by molar-refractivity contribution is 6.42. The molecular formula is C35H27Cl2N3O2. The van der Waals surface area contributed by atoms with Crippen molar-refractivity contribution in [2.75, 3.05) is 0 Å². The van der Waals surface area contributed by atoms with E-state index in [1.54, 1.807) is 12.1 Å². The molecule has 208 valence electrons. The smallest absolute Gasteiger partial charge is 0.335 e. The number of carbonyl (C=O) groups is 1. The number of carboxylic acids is 1. The Hall–Kier alpha value is -4.19. The second-order valence-electron chi connectivity index (χ2n) is 10.9. The molecule has 0 spiro atoms. The summed E-state index contributed by atoms with van der Waals surface area (Å²) >= 11 is 12.5. The topological polar surface area (TPSA) is 68.0 Å². The highest BCUT2D eigenvalue weighted by Crippen LogP contribution is 2.38. The van der Waals surface area contributed by atoms with Gasteiger partial charge in [0.05, 0.1) is 37.9 Å². The van der Waals surface area contributed by atoms with Crippen molar-refractivity contribution < 1.29 is 9.90 Å². The first-order chi connectivity index (χ1) is 20.5.